The third-order valence-corrected chi connectivity index (χ3v) is 3.20. The third-order valence-electron chi connectivity index (χ3n) is 3.20. The molecule has 0 aliphatic heterocycles. The zero-order chi connectivity index (χ0) is 12.9. The molecule has 0 radical (unpaired) electrons. The number of hydrogen-bond donors (Lipinski definition) is 1. The Morgan fingerprint density at radius 3 is 2.82 bits per heavy atom. The summed E-state index contributed by atoms with van der Waals surface area (Å²) >= 11 is 0. The second kappa shape index (κ2) is 5.88. The first-order valence-corrected chi connectivity index (χ1v) is 6.29. The van der Waals surface area contributed by atoms with Crippen LogP contribution in [0.5, 0.6) is 0 Å². The molecular weight excluding hydrogens is 210 g/mol. The quantitative estimate of drug-likeness (QED) is 0.821. The highest BCUT2D eigenvalue weighted by atomic mass is 15.0. The van der Waals surface area contributed by atoms with Crippen LogP contribution in [-0.4, -0.2) is 10.6 Å². The van der Waals surface area contributed by atoms with Gasteiger partial charge in [0.2, 0.25) is 0 Å². The van der Waals surface area contributed by atoms with Crippen LogP contribution in [0, 0.1) is 16.7 Å². The van der Waals surface area contributed by atoms with E-state index in [1.807, 2.05) is 13.8 Å². The summed E-state index contributed by atoms with van der Waals surface area (Å²) in [6.07, 6.45) is 4.85. The molecule has 0 fully saturated rings. The lowest BCUT2D eigenvalue weighted by Crippen LogP contribution is -2.23. The fourth-order valence-electron chi connectivity index (χ4n) is 1.72. The first-order valence-electron chi connectivity index (χ1n) is 6.29. The summed E-state index contributed by atoms with van der Waals surface area (Å²) < 4.78 is 2.22. The Morgan fingerprint density at radius 1 is 1.53 bits per heavy atom. The molecular formula is C14H23N3. The van der Waals surface area contributed by atoms with Crippen LogP contribution in [-0.2, 0) is 13.0 Å². The Balaban J connectivity index is 2.61. The average Bonchev–Trinajstić information content (AvgIpc) is 2.74. The van der Waals surface area contributed by atoms with Crippen LogP contribution in [0.1, 0.15) is 39.3 Å². The second-order valence-corrected chi connectivity index (χ2v) is 5.31. The van der Waals surface area contributed by atoms with E-state index in [0.717, 1.165) is 25.8 Å². The number of aryl methyl sites for hydroxylation is 1. The topological polar surface area (TPSA) is 54.7 Å². The number of aromatic nitrogens is 1. The molecule has 3 heteroatoms. The summed E-state index contributed by atoms with van der Waals surface area (Å²) in [5.41, 5.74) is 6.99. The van der Waals surface area contributed by atoms with Gasteiger partial charge in [0.05, 0.1) is 11.5 Å². The Kier molecular flexibility index (Phi) is 4.77. The minimum absolute atomic E-state index is 0.229. The van der Waals surface area contributed by atoms with E-state index in [-0.39, 0.29) is 11.5 Å². The third kappa shape index (κ3) is 4.24. The molecule has 1 rings (SSSR count). The Labute approximate surface area is 104 Å². The van der Waals surface area contributed by atoms with Crippen LogP contribution < -0.4 is 5.73 Å². The van der Waals surface area contributed by atoms with Crippen LogP contribution in [0.2, 0.25) is 0 Å². The molecule has 1 heterocycles. The predicted molar refractivity (Wildman–Crippen MR) is 70.4 cm³/mol. The minimum atomic E-state index is -0.256. The van der Waals surface area contributed by atoms with Crippen LogP contribution in [0.3, 0.4) is 0 Å². The van der Waals surface area contributed by atoms with Crippen molar-refractivity contribution in [2.45, 2.75) is 52.6 Å². The van der Waals surface area contributed by atoms with Gasteiger partial charge in [-0.25, -0.2) is 0 Å². The molecule has 1 aromatic rings. The van der Waals surface area contributed by atoms with Crippen LogP contribution in [0.15, 0.2) is 18.3 Å². The van der Waals surface area contributed by atoms with E-state index in [4.69, 9.17) is 11.0 Å². The molecule has 1 aromatic heterocycles. The predicted octanol–water partition coefficient (Wildman–Crippen LogP) is 2.71. The first kappa shape index (κ1) is 13.8. The Hall–Kier alpha value is -1.27. The average molecular weight is 233 g/mol. The minimum Gasteiger partial charge on any atom is -0.351 e. The highest BCUT2D eigenvalue weighted by molar-refractivity contribution is 5.09. The number of nitrogens with two attached hydrogens (primary N) is 1. The van der Waals surface area contributed by atoms with Crippen LogP contribution in [0.4, 0.5) is 0 Å². The molecule has 0 saturated carbocycles. The zero-order valence-electron chi connectivity index (χ0n) is 11.1. The van der Waals surface area contributed by atoms with E-state index in [0.29, 0.717) is 0 Å². The molecule has 1 atom stereocenters. The molecule has 0 saturated heterocycles. The number of nitrogens with zero attached hydrogens (tertiary/aromatic N) is 2. The SMILES string of the molecule is CCC(N)Cc1cccn1CCC(C)(C)C#N. The van der Waals surface area contributed by atoms with Crippen molar-refractivity contribution < 1.29 is 0 Å². The highest BCUT2D eigenvalue weighted by Crippen LogP contribution is 2.20. The van der Waals surface area contributed by atoms with Crippen molar-refractivity contribution >= 4 is 0 Å². The molecule has 0 aromatic carbocycles. The first-order chi connectivity index (χ1) is 7.98. The van der Waals surface area contributed by atoms with E-state index in [1.54, 1.807) is 0 Å². The highest BCUT2D eigenvalue weighted by Gasteiger charge is 2.17. The maximum atomic E-state index is 9.00. The van der Waals surface area contributed by atoms with Gasteiger partial charge in [0.1, 0.15) is 0 Å². The fourth-order valence-corrected chi connectivity index (χ4v) is 1.72. The molecule has 94 valence electrons. The van der Waals surface area contributed by atoms with Gasteiger partial charge < -0.3 is 10.3 Å². The van der Waals surface area contributed by atoms with E-state index in [1.165, 1.54) is 5.69 Å². The van der Waals surface area contributed by atoms with Crippen molar-refractivity contribution in [1.29, 1.82) is 5.26 Å². The fraction of sp³-hybridized carbons (Fsp3) is 0.643. The summed E-state index contributed by atoms with van der Waals surface area (Å²) in [6.45, 7) is 6.96. The summed E-state index contributed by atoms with van der Waals surface area (Å²) in [6, 6.07) is 6.74. The maximum Gasteiger partial charge on any atom is 0.0684 e. The van der Waals surface area contributed by atoms with Crippen molar-refractivity contribution in [2.24, 2.45) is 11.1 Å². The smallest absolute Gasteiger partial charge is 0.0684 e. The molecule has 0 aliphatic rings. The van der Waals surface area contributed by atoms with Gasteiger partial charge in [-0.3, -0.25) is 0 Å². The lowest BCUT2D eigenvalue weighted by atomic mass is 9.91. The van der Waals surface area contributed by atoms with E-state index < -0.39 is 0 Å². The van der Waals surface area contributed by atoms with E-state index in [9.17, 15) is 0 Å². The van der Waals surface area contributed by atoms with Gasteiger partial charge in [-0.1, -0.05) is 6.92 Å². The van der Waals surface area contributed by atoms with Gasteiger partial charge in [-0.05, 0) is 38.8 Å². The molecule has 0 bridgehead atoms. The van der Waals surface area contributed by atoms with Crippen molar-refractivity contribution in [2.75, 3.05) is 0 Å². The zero-order valence-corrected chi connectivity index (χ0v) is 11.1. The van der Waals surface area contributed by atoms with Gasteiger partial charge in [0, 0.05) is 30.9 Å². The Morgan fingerprint density at radius 2 is 2.24 bits per heavy atom. The molecule has 0 aliphatic carbocycles. The van der Waals surface area contributed by atoms with Gasteiger partial charge in [-0.15, -0.1) is 0 Å². The standard InChI is InChI=1S/C14H23N3/c1-4-12(16)10-13-6-5-8-17(13)9-7-14(2,3)11-15/h5-6,8,12H,4,7,9-10,16H2,1-3H3. The number of rotatable bonds is 6. The normalized spacial score (nSPS) is 13.4. The molecule has 2 N–H and O–H groups in total. The monoisotopic (exact) mass is 233 g/mol. The molecule has 1 unspecified atom stereocenters. The van der Waals surface area contributed by atoms with Crippen molar-refractivity contribution in [1.82, 2.24) is 4.57 Å². The van der Waals surface area contributed by atoms with Crippen molar-refractivity contribution in [3.63, 3.8) is 0 Å². The van der Waals surface area contributed by atoms with Gasteiger partial charge in [0.25, 0.3) is 0 Å². The van der Waals surface area contributed by atoms with E-state index >= 15 is 0 Å². The van der Waals surface area contributed by atoms with Crippen molar-refractivity contribution in [3.05, 3.63) is 24.0 Å². The summed E-state index contributed by atoms with van der Waals surface area (Å²) in [5.74, 6) is 0. The van der Waals surface area contributed by atoms with E-state index in [2.05, 4.69) is 35.9 Å². The molecule has 0 amide bonds. The van der Waals surface area contributed by atoms with Gasteiger partial charge in [0.15, 0.2) is 0 Å². The lowest BCUT2D eigenvalue weighted by Gasteiger charge is -2.18. The molecule has 0 spiro atoms. The van der Waals surface area contributed by atoms with Gasteiger partial charge >= 0.3 is 0 Å². The summed E-state index contributed by atoms with van der Waals surface area (Å²) in [5, 5.41) is 9.00. The van der Waals surface area contributed by atoms with Crippen molar-refractivity contribution in [3.8, 4) is 6.07 Å². The lowest BCUT2D eigenvalue weighted by molar-refractivity contribution is 0.408. The number of nitriles is 1. The van der Waals surface area contributed by atoms with Crippen LogP contribution >= 0.6 is 0 Å². The van der Waals surface area contributed by atoms with Gasteiger partial charge in [-0.2, -0.15) is 5.26 Å². The Bertz CT molecular complexity index is 384. The maximum absolute atomic E-state index is 9.00. The summed E-state index contributed by atoms with van der Waals surface area (Å²) in [7, 11) is 0. The summed E-state index contributed by atoms with van der Waals surface area (Å²) in [4.78, 5) is 0. The molecule has 17 heavy (non-hydrogen) atoms. The number of hydrogen-bond acceptors (Lipinski definition) is 2. The largest absolute Gasteiger partial charge is 0.351 e. The second-order valence-electron chi connectivity index (χ2n) is 5.31. The molecule has 3 nitrogen and oxygen atoms in total. The van der Waals surface area contributed by atoms with Crippen LogP contribution in [0.25, 0.3) is 0 Å².